The summed E-state index contributed by atoms with van der Waals surface area (Å²) in [5.41, 5.74) is 6.59. The number of halogens is 1. The molecule has 0 bridgehead atoms. The molecule has 1 atom stereocenters. The van der Waals surface area contributed by atoms with E-state index in [4.69, 9.17) is 17.3 Å². The summed E-state index contributed by atoms with van der Waals surface area (Å²) < 4.78 is 0. The number of rotatable bonds is 4. The Labute approximate surface area is 84.1 Å². The molecule has 1 aromatic carbocycles. The van der Waals surface area contributed by atoms with E-state index in [0.29, 0.717) is 12.6 Å². The first kappa shape index (κ1) is 10.5. The Kier molecular flexibility index (Phi) is 4.22. The molecule has 1 aromatic rings. The molecule has 72 valence electrons. The summed E-state index contributed by atoms with van der Waals surface area (Å²) in [6, 6.07) is 8.15. The summed E-state index contributed by atoms with van der Waals surface area (Å²) in [6.45, 7) is 3.47. The maximum Gasteiger partial charge on any atom is 0.0450 e. The molecule has 3 heteroatoms. The van der Waals surface area contributed by atoms with Crippen molar-refractivity contribution in [3.8, 4) is 0 Å². The minimum absolute atomic E-state index is 0.330. The lowest BCUT2D eigenvalue weighted by Crippen LogP contribution is -2.32. The Morgan fingerprint density at radius 3 is 2.77 bits per heavy atom. The van der Waals surface area contributed by atoms with E-state index in [1.54, 1.807) is 0 Å². The minimum atomic E-state index is 0.330. The van der Waals surface area contributed by atoms with Crippen molar-refractivity contribution < 1.29 is 0 Å². The van der Waals surface area contributed by atoms with E-state index in [9.17, 15) is 0 Å². The van der Waals surface area contributed by atoms with E-state index >= 15 is 0 Å². The standard InChI is InChI=1S/C10H15ClN2/c1-8(6-12)13-7-9-4-2-3-5-10(9)11/h2-5,8,13H,6-7,12H2,1H3/t8-/m1/s1. The van der Waals surface area contributed by atoms with Crippen LogP contribution in [0.5, 0.6) is 0 Å². The Balaban J connectivity index is 2.50. The fourth-order valence-electron chi connectivity index (χ4n) is 1.01. The third-order valence-electron chi connectivity index (χ3n) is 1.95. The second kappa shape index (κ2) is 5.22. The van der Waals surface area contributed by atoms with Gasteiger partial charge in [0, 0.05) is 24.2 Å². The second-order valence-corrected chi connectivity index (χ2v) is 3.52. The van der Waals surface area contributed by atoms with E-state index in [0.717, 1.165) is 17.1 Å². The molecular formula is C10H15ClN2. The average Bonchev–Trinajstić information content (AvgIpc) is 2.16. The van der Waals surface area contributed by atoms with Crippen LogP contribution in [0.4, 0.5) is 0 Å². The monoisotopic (exact) mass is 198 g/mol. The number of hydrogen-bond donors (Lipinski definition) is 2. The summed E-state index contributed by atoms with van der Waals surface area (Å²) in [5.74, 6) is 0. The topological polar surface area (TPSA) is 38.0 Å². The van der Waals surface area contributed by atoms with E-state index in [1.165, 1.54) is 0 Å². The quantitative estimate of drug-likeness (QED) is 0.774. The molecule has 0 amide bonds. The molecule has 0 saturated heterocycles. The lowest BCUT2D eigenvalue weighted by molar-refractivity contribution is 0.556. The van der Waals surface area contributed by atoms with E-state index in [-0.39, 0.29) is 0 Å². The average molecular weight is 199 g/mol. The van der Waals surface area contributed by atoms with Crippen molar-refractivity contribution in [1.29, 1.82) is 0 Å². The molecule has 0 aromatic heterocycles. The summed E-state index contributed by atoms with van der Waals surface area (Å²) in [6.07, 6.45) is 0. The Hall–Kier alpha value is -0.570. The third kappa shape index (κ3) is 3.35. The van der Waals surface area contributed by atoms with Crippen LogP contribution in [0, 0.1) is 0 Å². The molecule has 3 N–H and O–H groups in total. The van der Waals surface area contributed by atoms with Crippen LogP contribution >= 0.6 is 11.6 Å². The van der Waals surface area contributed by atoms with Crippen LogP contribution in [-0.4, -0.2) is 12.6 Å². The number of nitrogens with two attached hydrogens (primary N) is 1. The summed E-state index contributed by atoms with van der Waals surface area (Å²) >= 11 is 5.98. The summed E-state index contributed by atoms with van der Waals surface area (Å²) in [4.78, 5) is 0. The summed E-state index contributed by atoms with van der Waals surface area (Å²) in [7, 11) is 0. The van der Waals surface area contributed by atoms with Crippen LogP contribution in [0.15, 0.2) is 24.3 Å². The number of hydrogen-bond acceptors (Lipinski definition) is 2. The Bertz CT molecular complexity index is 263. The number of nitrogens with one attached hydrogen (secondary N) is 1. The van der Waals surface area contributed by atoms with Gasteiger partial charge in [0.1, 0.15) is 0 Å². The van der Waals surface area contributed by atoms with E-state index < -0.39 is 0 Å². The summed E-state index contributed by atoms with van der Waals surface area (Å²) in [5, 5.41) is 4.08. The van der Waals surface area contributed by atoms with Crippen LogP contribution in [0.2, 0.25) is 5.02 Å². The van der Waals surface area contributed by atoms with Crippen molar-refractivity contribution >= 4 is 11.6 Å². The van der Waals surface area contributed by atoms with Crippen molar-refractivity contribution in [2.75, 3.05) is 6.54 Å². The van der Waals surface area contributed by atoms with Crippen LogP contribution in [-0.2, 0) is 6.54 Å². The zero-order valence-corrected chi connectivity index (χ0v) is 8.51. The highest BCUT2D eigenvalue weighted by atomic mass is 35.5. The molecule has 13 heavy (non-hydrogen) atoms. The molecule has 0 spiro atoms. The molecule has 0 saturated carbocycles. The van der Waals surface area contributed by atoms with Crippen molar-refractivity contribution in [1.82, 2.24) is 5.32 Å². The SMILES string of the molecule is C[C@H](CN)NCc1ccccc1Cl. The predicted octanol–water partition coefficient (Wildman–Crippen LogP) is 1.78. The molecule has 0 aliphatic carbocycles. The lowest BCUT2D eigenvalue weighted by atomic mass is 10.2. The highest BCUT2D eigenvalue weighted by molar-refractivity contribution is 6.31. The normalized spacial score (nSPS) is 12.8. The number of benzene rings is 1. The van der Waals surface area contributed by atoms with Gasteiger partial charge in [-0.1, -0.05) is 29.8 Å². The maximum absolute atomic E-state index is 5.98. The molecule has 0 aliphatic rings. The van der Waals surface area contributed by atoms with Gasteiger partial charge < -0.3 is 11.1 Å². The van der Waals surface area contributed by atoms with Gasteiger partial charge in [0.05, 0.1) is 0 Å². The van der Waals surface area contributed by atoms with Crippen LogP contribution in [0.25, 0.3) is 0 Å². The van der Waals surface area contributed by atoms with Gasteiger partial charge >= 0.3 is 0 Å². The highest BCUT2D eigenvalue weighted by Gasteiger charge is 2.00. The van der Waals surface area contributed by atoms with Gasteiger partial charge in [-0.05, 0) is 18.6 Å². The largest absolute Gasteiger partial charge is 0.329 e. The smallest absolute Gasteiger partial charge is 0.0450 e. The molecule has 0 heterocycles. The molecule has 0 fully saturated rings. The van der Waals surface area contributed by atoms with E-state index in [2.05, 4.69) is 12.2 Å². The van der Waals surface area contributed by atoms with Crippen LogP contribution in [0.3, 0.4) is 0 Å². The Morgan fingerprint density at radius 1 is 1.46 bits per heavy atom. The van der Waals surface area contributed by atoms with Crippen molar-refractivity contribution in [2.45, 2.75) is 19.5 Å². The maximum atomic E-state index is 5.98. The van der Waals surface area contributed by atoms with Gasteiger partial charge in [0.15, 0.2) is 0 Å². The molecule has 0 unspecified atom stereocenters. The fraction of sp³-hybridized carbons (Fsp3) is 0.400. The molecule has 2 nitrogen and oxygen atoms in total. The molecule has 0 radical (unpaired) electrons. The van der Waals surface area contributed by atoms with Gasteiger partial charge in [-0.15, -0.1) is 0 Å². The third-order valence-corrected chi connectivity index (χ3v) is 2.32. The second-order valence-electron chi connectivity index (χ2n) is 3.11. The first-order chi connectivity index (χ1) is 6.24. The molecule has 1 rings (SSSR count). The van der Waals surface area contributed by atoms with Gasteiger partial charge in [-0.3, -0.25) is 0 Å². The first-order valence-electron chi connectivity index (χ1n) is 4.41. The van der Waals surface area contributed by atoms with Crippen molar-refractivity contribution in [2.24, 2.45) is 5.73 Å². The first-order valence-corrected chi connectivity index (χ1v) is 4.78. The van der Waals surface area contributed by atoms with Crippen molar-refractivity contribution in [3.05, 3.63) is 34.9 Å². The fourth-order valence-corrected chi connectivity index (χ4v) is 1.21. The van der Waals surface area contributed by atoms with Crippen LogP contribution in [0.1, 0.15) is 12.5 Å². The van der Waals surface area contributed by atoms with Crippen molar-refractivity contribution in [3.63, 3.8) is 0 Å². The van der Waals surface area contributed by atoms with Crippen LogP contribution < -0.4 is 11.1 Å². The van der Waals surface area contributed by atoms with Gasteiger partial charge in [-0.25, -0.2) is 0 Å². The predicted molar refractivity (Wildman–Crippen MR) is 56.8 cm³/mol. The zero-order chi connectivity index (χ0) is 9.68. The zero-order valence-electron chi connectivity index (χ0n) is 7.76. The lowest BCUT2D eigenvalue weighted by Gasteiger charge is -2.11. The Morgan fingerprint density at radius 2 is 2.15 bits per heavy atom. The van der Waals surface area contributed by atoms with Gasteiger partial charge in [0.2, 0.25) is 0 Å². The molecule has 0 aliphatic heterocycles. The van der Waals surface area contributed by atoms with Gasteiger partial charge in [-0.2, -0.15) is 0 Å². The molecular weight excluding hydrogens is 184 g/mol. The minimum Gasteiger partial charge on any atom is -0.329 e. The highest BCUT2D eigenvalue weighted by Crippen LogP contribution is 2.14. The van der Waals surface area contributed by atoms with Gasteiger partial charge in [0.25, 0.3) is 0 Å². The van der Waals surface area contributed by atoms with E-state index in [1.807, 2.05) is 24.3 Å².